The van der Waals surface area contributed by atoms with Crippen molar-refractivity contribution >= 4 is 29.3 Å². The van der Waals surface area contributed by atoms with E-state index < -0.39 is 5.97 Å². The van der Waals surface area contributed by atoms with Crippen LogP contribution >= 0.6 is 11.8 Å². The number of anilines is 1. The standard InChI is InChI=1S/C21H21N3O4S/c1-3-28-21(26)19-12-13-24(23-19)16-6-4-15(5-7-16)22-20(25)14-29-18-10-8-17(27-2)9-11-18/h4-13H,3,14H2,1-2H3,(H,22,25). The second-order valence-corrected chi connectivity index (χ2v) is 6.97. The molecule has 0 radical (unpaired) electrons. The van der Waals surface area contributed by atoms with E-state index in [9.17, 15) is 9.59 Å². The third kappa shape index (κ3) is 5.61. The maximum Gasteiger partial charge on any atom is 0.358 e. The van der Waals surface area contributed by atoms with E-state index in [1.54, 1.807) is 43.1 Å². The molecule has 0 atom stereocenters. The van der Waals surface area contributed by atoms with Crippen LogP contribution in [0.25, 0.3) is 5.69 Å². The molecular formula is C21H21N3O4S. The zero-order valence-corrected chi connectivity index (χ0v) is 16.9. The molecule has 0 unspecified atom stereocenters. The van der Waals surface area contributed by atoms with Crippen molar-refractivity contribution in [3.05, 3.63) is 66.5 Å². The van der Waals surface area contributed by atoms with Crippen LogP contribution in [-0.2, 0) is 9.53 Å². The van der Waals surface area contributed by atoms with Gasteiger partial charge in [0.2, 0.25) is 5.91 Å². The first-order chi connectivity index (χ1) is 14.1. The lowest BCUT2D eigenvalue weighted by atomic mass is 10.3. The number of esters is 1. The van der Waals surface area contributed by atoms with Crippen molar-refractivity contribution in [1.29, 1.82) is 0 Å². The predicted octanol–water partition coefficient (Wildman–Crippen LogP) is 3.79. The summed E-state index contributed by atoms with van der Waals surface area (Å²) in [7, 11) is 1.62. The maximum absolute atomic E-state index is 12.2. The van der Waals surface area contributed by atoms with Crippen LogP contribution in [0.1, 0.15) is 17.4 Å². The summed E-state index contributed by atoms with van der Waals surface area (Å²) in [5, 5.41) is 7.07. The summed E-state index contributed by atoms with van der Waals surface area (Å²) in [4.78, 5) is 24.9. The summed E-state index contributed by atoms with van der Waals surface area (Å²) < 4.78 is 11.6. The zero-order chi connectivity index (χ0) is 20.6. The second kappa shape index (κ2) is 9.79. The number of ether oxygens (including phenoxy) is 2. The Morgan fingerprint density at radius 2 is 1.79 bits per heavy atom. The van der Waals surface area contributed by atoms with Gasteiger partial charge in [0.25, 0.3) is 0 Å². The van der Waals surface area contributed by atoms with Crippen molar-refractivity contribution < 1.29 is 19.1 Å². The average Bonchev–Trinajstić information content (AvgIpc) is 3.24. The predicted molar refractivity (Wildman–Crippen MR) is 112 cm³/mol. The van der Waals surface area contributed by atoms with E-state index in [1.807, 2.05) is 36.4 Å². The molecule has 0 aliphatic carbocycles. The second-order valence-electron chi connectivity index (χ2n) is 5.93. The minimum Gasteiger partial charge on any atom is -0.497 e. The molecule has 0 fully saturated rings. The van der Waals surface area contributed by atoms with Crippen LogP contribution < -0.4 is 10.1 Å². The molecule has 0 saturated carbocycles. The molecule has 0 aliphatic heterocycles. The summed E-state index contributed by atoms with van der Waals surface area (Å²) in [5.74, 6) is 0.535. The number of aromatic nitrogens is 2. The largest absolute Gasteiger partial charge is 0.497 e. The number of nitrogens with one attached hydrogen (secondary N) is 1. The summed E-state index contributed by atoms with van der Waals surface area (Å²) in [5.41, 5.74) is 1.71. The average molecular weight is 411 g/mol. The van der Waals surface area contributed by atoms with E-state index in [-0.39, 0.29) is 11.6 Å². The van der Waals surface area contributed by atoms with E-state index in [4.69, 9.17) is 9.47 Å². The highest BCUT2D eigenvalue weighted by Crippen LogP contribution is 2.21. The number of methoxy groups -OCH3 is 1. The lowest BCUT2D eigenvalue weighted by molar-refractivity contribution is -0.113. The Bertz CT molecular complexity index is 968. The highest BCUT2D eigenvalue weighted by Gasteiger charge is 2.11. The molecule has 3 rings (SSSR count). The molecule has 0 aliphatic rings. The van der Waals surface area contributed by atoms with Gasteiger partial charge >= 0.3 is 5.97 Å². The topological polar surface area (TPSA) is 82.5 Å². The molecule has 29 heavy (non-hydrogen) atoms. The van der Waals surface area contributed by atoms with Gasteiger partial charge in [-0.25, -0.2) is 9.48 Å². The normalized spacial score (nSPS) is 10.4. The molecule has 7 nitrogen and oxygen atoms in total. The summed E-state index contributed by atoms with van der Waals surface area (Å²) >= 11 is 1.45. The number of rotatable bonds is 8. The van der Waals surface area contributed by atoms with Crippen LogP contribution in [0.3, 0.4) is 0 Å². The molecule has 0 saturated heterocycles. The molecule has 150 valence electrons. The lowest BCUT2D eigenvalue weighted by Crippen LogP contribution is -2.14. The Hall–Kier alpha value is -3.26. The fraction of sp³-hybridized carbons (Fsp3) is 0.190. The third-order valence-electron chi connectivity index (χ3n) is 3.92. The van der Waals surface area contributed by atoms with Crippen molar-refractivity contribution in [2.24, 2.45) is 0 Å². The van der Waals surface area contributed by atoms with Gasteiger partial charge in [-0.05, 0) is 61.5 Å². The first kappa shape index (κ1) is 20.5. The Kier molecular flexibility index (Phi) is 6.91. The summed E-state index contributed by atoms with van der Waals surface area (Å²) in [6, 6.07) is 16.4. The number of carbonyl (C=O) groups excluding carboxylic acids is 2. The van der Waals surface area contributed by atoms with Crippen LogP contribution in [0.15, 0.2) is 65.7 Å². The van der Waals surface area contributed by atoms with Gasteiger partial charge in [-0.2, -0.15) is 5.10 Å². The van der Waals surface area contributed by atoms with E-state index >= 15 is 0 Å². The van der Waals surface area contributed by atoms with Crippen molar-refractivity contribution in [3.8, 4) is 11.4 Å². The van der Waals surface area contributed by atoms with Crippen molar-refractivity contribution in [1.82, 2.24) is 9.78 Å². The fourth-order valence-electron chi connectivity index (χ4n) is 2.50. The van der Waals surface area contributed by atoms with Crippen molar-refractivity contribution in [3.63, 3.8) is 0 Å². The van der Waals surface area contributed by atoms with E-state index in [0.717, 1.165) is 16.3 Å². The van der Waals surface area contributed by atoms with Gasteiger partial charge in [0.15, 0.2) is 5.69 Å². The Balaban J connectivity index is 1.54. The van der Waals surface area contributed by atoms with Gasteiger partial charge in [-0.1, -0.05) is 0 Å². The summed E-state index contributed by atoms with van der Waals surface area (Å²) in [6.07, 6.45) is 1.69. The van der Waals surface area contributed by atoms with Gasteiger partial charge in [0, 0.05) is 16.8 Å². The van der Waals surface area contributed by atoms with Crippen LogP contribution in [0.5, 0.6) is 5.75 Å². The number of amides is 1. The van der Waals surface area contributed by atoms with Crippen molar-refractivity contribution in [2.75, 3.05) is 24.8 Å². The van der Waals surface area contributed by atoms with Crippen molar-refractivity contribution in [2.45, 2.75) is 11.8 Å². The first-order valence-corrected chi connectivity index (χ1v) is 9.97. The molecule has 1 N–H and O–H groups in total. The third-order valence-corrected chi connectivity index (χ3v) is 4.93. The molecular weight excluding hydrogens is 390 g/mol. The van der Waals surface area contributed by atoms with Gasteiger partial charge in [-0.15, -0.1) is 11.8 Å². The minimum absolute atomic E-state index is 0.0951. The van der Waals surface area contributed by atoms with E-state index in [2.05, 4.69) is 10.4 Å². The quantitative estimate of drug-likeness (QED) is 0.449. The van der Waals surface area contributed by atoms with Gasteiger partial charge in [0.1, 0.15) is 5.75 Å². The van der Waals surface area contributed by atoms with Gasteiger partial charge in [0.05, 0.1) is 25.2 Å². The zero-order valence-electron chi connectivity index (χ0n) is 16.1. The van der Waals surface area contributed by atoms with Gasteiger partial charge < -0.3 is 14.8 Å². The smallest absolute Gasteiger partial charge is 0.358 e. The Morgan fingerprint density at radius 3 is 2.45 bits per heavy atom. The molecule has 3 aromatic rings. The van der Waals surface area contributed by atoms with E-state index in [0.29, 0.717) is 18.0 Å². The number of thioether (sulfide) groups is 1. The van der Waals surface area contributed by atoms with Crippen LogP contribution in [0.2, 0.25) is 0 Å². The monoisotopic (exact) mass is 411 g/mol. The number of hydrogen-bond acceptors (Lipinski definition) is 6. The molecule has 1 heterocycles. The molecule has 1 aromatic heterocycles. The van der Waals surface area contributed by atoms with Crippen LogP contribution in [0.4, 0.5) is 5.69 Å². The molecule has 0 bridgehead atoms. The molecule has 2 aromatic carbocycles. The maximum atomic E-state index is 12.2. The fourth-order valence-corrected chi connectivity index (χ4v) is 3.20. The highest BCUT2D eigenvalue weighted by molar-refractivity contribution is 8.00. The molecule has 1 amide bonds. The van der Waals surface area contributed by atoms with Gasteiger partial charge in [-0.3, -0.25) is 4.79 Å². The minimum atomic E-state index is -0.454. The Labute approximate surface area is 173 Å². The number of nitrogens with zero attached hydrogens (tertiary/aromatic N) is 2. The lowest BCUT2D eigenvalue weighted by Gasteiger charge is -2.07. The summed E-state index contributed by atoms with van der Waals surface area (Å²) in [6.45, 7) is 2.05. The first-order valence-electron chi connectivity index (χ1n) is 8.99. The van der Waals surface area contributed by atoms with E-state index in [1.165, 1.54) is 11.8 Å². The number of benzene rings is 2. The number of carbonyl (C=O) groups is 2. The number of hydrogen-bond donors (Lipinski definition) is 1. The van der Waals surface area contributed by atoms with Crippen LogP contribution in [-0.4, -0.2) is 41.1 Å². The highest BCUT2D eigenvalue weighted by atomic mass is 32.2. The Morgan fingerprint density at radius 1 is 1.07 bits per heavy atom. The molecule has 8 heteroatoms. The SMILES string of the molecule is CCOC(=O)c1ccn(-c2ccc(NC(=O)CSc3ccc(OC)cc3)cc2)n1. The molecule has 0 spiro atoms. The van der Waals surface area contributed by atoms with Crippen LogP contribution in [0, 0.1) is 0 Å².